The first-order valence-corrected chi connectivity index (χ1v) is 11.5. The molecule has 1 amide bonds. The van der Waals surface area contributed by atoms with Gasteiger partial charge in [0, 0.05) is 19.2 Å². The summed E-state index contributed by atoms with van der Waals surface area (Å²) in [5.74, 6) is -0.583. The Hall–Kier alpha value is -2.98. The second-order valence-electron chi connectivity index (χ2n) is 7.00. The zero-order chi connectivity index (χ0) is 22.7. The number of hydrogen-bond acceptors (Lipinski definition) is 6. The molecular weight excluding hydrogens is 456 g/mol. The molecule has 0 radical (unpaired) electrons. The number of carbonyl (C=O) groups is 1. The first-order valence-electron chi connectivity index (χ1n) is 9.73. The molecule has 2 heterocycles. The molecule has 0 atom stereocenters. The number of hydrogen-bond donors (Lipinski definition) is 1. The highest BCUT2D eigenvalue weighted by Crippen LogP contribution is 2.27. The van der Waals surface area contributed by atoms with Crippen LogP contribution < -0.4 is 10.7 Å². The summed E-state index contributed by atoms with van der Waals surface area (Å²) in [7, 11) is -3.75. The molecule has 4 rings (SSSR count). The molecule has 1 saturated heterocycles. The molecule has 1 fully saturated rings. The predicted octanol–water partition coefficient (Wildman–Crippen LogP) is 3.12. The van der Waals surface area contributed by atoms with Gasteiger partial charge in [0.1, 0.15) is 11.8 Å². The minimum absolute atomic E-state index is 0.0123. The maximum absolute atomic E-state index is 12.8. The van der Waals surface area contributed by atoms with E-state index in [4.69, 9.17) is 20.8 Å². The molecule has 1 N–H and O–H groups in total. The van der Waals surface area contributed by atoms with E-state index in [0.717, 1.165) is 6.08 Å². The lowest BCUT2D eigenvalue weighted by Gasteiger charge is -2.26. The van der Waals surface area contributed by atoms with Gasteiger partial charge >= 0.3 is 0 Å². The molecular formula is C22H19ClN2O6S. The molecule has 0 saturated carbocycles. The topological polar surface area (TPSA) is 106 Å². The number of sulfonamides is 1. The third kappa shape index (κ3) is 4.61. The van der Waals surface area contributed by atoms with Gasteiger partial charge in [0.2, 0.25) is 15.9 Å². The van der Waals surface area contributed by atoms with Gasteiger partial charge in [-0.3, -0.25) is 9.59 Å². The number of nitrogens with zero attached hydrogens (tertiary/aromatic N) is 1. The lowest BCUT2D eigenvalue weighted by molar-refractivity contribution is -0.111. The van der Waals surface area contributed by atoms with E-state index in [2.05, 4.69) is 5.32 Å². The van der Waals surface area contributed by atoms with Crippen LogP contribution in [0.5, 0.6) is 0 Å². The summed E-state index contributed by atoms with van der Waals surface area (Å²) in [6, 6.07) is 10.9. The van der Waals surface area contributed by atoms with Crippen molar-refractivity contribution in [1.29, 1.82) is 0 Å². The normalized spacial score (nSPS) is 15.3. The Labute approximate surface area is 189 Å². The van der Waals surface area contributed by atoms with E-state index < -0.39 is 15.9 Å². The highest BCUT2D eigenvalue weighted by molar-refractivity contribution is 7.89. The van der Waals surface area contributed by atoms with E-state index in [1.165, 1.54) is 34.8 Å². The Balaban J connectivity index is 1.54. The largest absolute Gasteiger partial charge is 0.463 e. The van der Waals surface area contributed by atoms with Crippen LogP contribution in [0.25, 0.3) is 17.0 Å². The van der Waals surface area contributed by atoms with Crippen LogP contribution in [0.1, 0.15) is 5.56 Å². The average molecular weight is 475 g/mol. The number of nitrogens with one attached hydrogen (secondary N) is 1. The molecule has 10 heteroatoms. The average Bonchev–Trinajstić information content (AvgIpc) is 2.81. The molecule has 0 bridgehead atoms. The molecule has 1 aliphatic heterocycles. The molecule has 2 aromatic carbocycles. The highest BCUT2D eigenvalue weighted by Gasteiger charge is 2.27. The number of anilines is 1. The first-order chi connectivity index (χ1) is 15.4. The summed E-state index contributed by atoms with van der Waals surface area (Å²) in [6.45, 7) is 1.15. The number of rotatable bonds is 5. The zero-order valence-electron chi connectivity index (χ0n) is 16.8. The summed E-state index contributed by atoms with van der Waals surface area (Å²) < 4.78 is 37.6. The molecule has 8 nitrogen and oxygen atoms in total. The number of para-hydroxylation sites is 1. The van der Waals surface area contributed by atoms with Gasteiger partial charge < -0.3 is 14.5 Å². The lowest BCUT2D eigenvalue weighted by atomic mass is 10.1. The van der Waals surface area contributed by atoms with Crippen LogP contribution in [0.4, 0.5) is 5.69 Å². The van der Waals surface area contributed by atoms with Crippen LogP contribution in [0.15, 0.2) is 68.9 Å². The smallest absolute Gasteiger partial charge is 0.248 e. The van der Waals surface area contributed by atoms with E-state index in [-0.39, 0.29) is 39.7 Å². The second-order valence-corrected chi connectivity index (χ2v) is 9.34. The van der Waals surface area contributed by atoms with Gasteiger partial charge in [-0.15, -0.1) is 0 Å². The van der Waals surface area contributed by atoms with Gasteiger partial charge in [-0.2, -0.15) is 4.31 Å². The van der Waals surface area contributed by atoms with Crippen LogP contribution >= 0.6 is 11.6 Å². The lowest BCUT2D eigenvalue weighted by Crippen LogP contribution is -2.40. The quantitative estimate of drug-likeness (QED) is 0.569. The van der Waals surface area contributed by atoms with Crippen molar-refractivity contribution < 1.29 is 22.4 Å². The Kier molecular flexibility index (Phi) is 6.43. The molecule has 166 valence electrons. The number of benzene rings is 2. The summed E-state index contributed by atoms with van der Waals surface area (Å²) in [5, 5.41) is 3.14. The highest BCUT2D eigenvalue weighted by atomic mass is 35.5. The monoisotopic (exact) mass is 474 g/mol. The van der Waals surface area contributed by atoms with E-state index >= 15 is 0 Å². The van der Waals surface area contributed by atoms with Crippen molar-refractivity contribution in [2.24, 2.45) is 0 Å². The van der Waals surface area contributed by atoms with E-state index in [0.29, 0.717) is 24.2 Å². The number of ether oxygens (including phenoxy) is 1. The molecule has 0 aliphatic carbocycles. The molecule has 0 unspecified atom stereocenters. The van der Waals surface area contributed by atoms with Crippen molar-refractivity contribution in [2.75, 3.05) is 31.6 Å². The van der Waals surface area contributed by atoms with Crippen molar-refractivity contribution in [3.05, 3.63) is 75.6 Å². The van der Waals surface area contributed by atoms with Crippen molar-refractivity contribution in [3.63, 3.8) is 0 Å². The van der Waals surface area contributed by atoms with Gasteiger partial charge in [0.15, 0.2) is 5.43 Å². The summed E-state index contributed by atoms with van der Waals surface area (Å²) in [6.07, 6.45) is 3.76. The number of amides is 1. The van der Waals surface area contributed by atoms with E-state index in [9.17, 15) is 18.0 Å². The van der Waals surface area contributed by atoms with Crippen molar-refractivity contribution in [3.8, 4) is 0 Å². The van der Waals surface area contributed by atoms with Crippen LogP contribution in [-0.2, 0) is 19.6 Å². The summed E-state index contributed by atoms with van der Waals surface area (Å²) in [5.41, 5.74) is 0.520. The first kappa shape index (κ1) is 22.2. The van der Waals surface area contributed by atoms with Crippen LogP contribution in [0.2, 0.25) is 5.02 Å². The molecule has 32 heavy (non-hydrogen) atoms. The Morgan fingerprint density at radius 1 is 1.12 bits per heavy atom. The number of fused-ring (bicyclic) bond motifs is 1. The second kappa shape index (κ2) is 9.25. The van der Waals surface area contributed by atoms with Crippen LogP contribution in [0.3, 0.4) is 0 Å². The fraction of sp³-hybridized carbons (Fsp3) is 0.182. The number of morpholine rings is 1. The molecule has 1 aromatic heterocycles. The van der Waals surface area contributed by atoms with Gasteiger partial charge in [-0.05, 0) is 36.4 Å². The van der Waals surface area contributed by atoms with Gasteiger partial charge in [-0.1, -0.05) is 23.7 Å². The third-order valence-corrected chi connectivity index (χ3v) is 7.15. The molecule has 3 aromatic rings. The Morgan fingerprint density at radius 3 is 2.66 bits per heavy atom. The number of halogens is 1. The van der Waals surface area contributed by atoms with Crippen LogP contribution in [0, 0.1) is 0 Å². The fourth-order valence-corrected chi connectivity index (χ4v) is 4.84. The molecule has 1 aliphatic rings. The SMILES string of the molecule is O=C(/C=C/c1coc2ccccc2c1=O)Nc1cc(S(=O)(=O)N2CCOCC2)ccc1Cl. The number of carbonyl (C=O) groups excluding carboxylic acids is 1. The fourth-order valence-electron chi connectivity index (χ4n) is 3.24. The third-order valence-electron chi connectivity index (χ3n) is 4.92. The standard InChI is InChI=1S/C22H19ClN2O6S/c23-18-7-6-16(32(28,29)25-9-11-30-12-10-25)13-19(18)24-21(26)8-5-15-14-31-20-4-2-1-3-17(20)22(15)27/h1-8,13-14H,9-12H2,(H,24,26)/b8-5+. The minimum atomic E-state index is -3.75. The van der Waals surface area contributed by atoms with Crippen molar-refractivity contribution in [1.82, 2.24) is 4.31 Å². The minimum Gasteiger partial charge on any atom is -0.463 e. The maximum Gasteiger partial charge on any atom is 0.248 e. The summed E-state index contributed by atoms with van der Waals surface area (Å²) >= 11 is 6.15. The Morgan fingerprint density at radius 2 is 1.88 bits per heavy atom. The molecule has 0 spiro atoms. The summed E-state index contributed by atoms with van der Waals surface area (Å²) in [4.78, 5) is 24.9. The predicted molar refractivity (Wildman–Crippen MR) is 121 cm³/mol. The van der Waals surface area contributed by atoms with E-state index in [1.54, 1.807) is 24.3 Å². The Bertz CT molecular complexity index is 1360. The van der Waals surface area contributed by atoms with Crippen LogP contribution in [-0.4, -0.2) is 44.9 Å². The van der Waals surface area contributed by atoms with Gasteiger partial charge in [0.05, 0.1) is 39.8 Å². The zero-order valence-corrected chi connectivity index (χ0v) is 18.4. The van der Waals surface area contributed by atoms with Gasteiger partial charge in [0.25, 0.3) is 0 Å². The van der Waals surface area contributed by atoms with Crippen molar-refractivity contribution >= 4 is 50.3 Å². The van der Waals surface area contributed by atoms with Gasteiger partial charge in [-0.25, -0.2) is 8.42 Å². The van der Waals surface area contributed by atoms with Crippen molar-refractivity contribution in [2.45, 2.75) is 4.90 Å². The maximum atomic E-state index is 12.8. The van der Waals surface area contributed by atoms with E-state index in [1.807, 2.05) is 0 Å².